The fourth-order valence-electron chi connectivity index (χ4n) is 4.41. The van der Waals surface area contributed by atoms with Gasteiger partial charge in [0.1, 0.15) is 0 Å². The summed E-state index contributed by atoms with van der Waals surface area (Å²) >= 11 is 0. The summed E-state index contributed by atoms with van der Waals surface area (Å²) in [6.07, 6.45) is 5.68. The molecule has 2 aliphatic heterocycles. The molecule has 0 aromatic carbocycles. The van der Waals surface area contributed by atoms with Crippen molar-refractivity contribution in [3.05, 3.63) is 0 Å². The molecule has 2 nitrogen and oxygen atoms in total. The van der Waals surface area contributed by atoms with Gasteiger partial charge < -0.3 is 4.90 Å². The molecule has 2 rings (SSSR count). The first-order valence-corrected chi connectivity index (χ1v) is 9.56. The van der Waals surface area contributed by atoms with Gasteiger partial charge in [0.15, 0.2) is 0 Å². The van der Waals surface area contributed by atoms with Crippen LogP contribution in [0, 0.1) is 5.92 Å². The van der Waals surface area contributed by atoms with E-state index in [0.29, 0.717) is 19.0 Å². The van der Waals surface area contributed by atoms with E-state index in [1.165, 1.54) is 32.4 Å². The maximum absolute atomic E-state index is 13.6. The quantitative estimate of drug-likeness (QED) is 0.731. The maximum Gasteiger partial charge on any atom is 0.249 e. The molecule has 0 bridgehead atoms. The Labute approximate surface area is 141 Å². The molecule has 2 fully saturated rings. The van der Waals surface area contributed by atoms with Crippen LogP contribution in [-0.4, -0.2) is 53.5 Å². The summed E-state index contributed by atoms with van der Waals surface area (Å²) in [5.74, 6) is -1.72. The second-order valence-electron chi connectivity index (χ2n) is 8.64. The van der Waals surface area contributed by atoms with Crippen LogP contribution < -0.4 is 0 Å². The second-order valence-corrected chi connectivity index (χ2v) is 8.64. The number of hydrogen-bond donors (Lipinski definition) is 0. The minimum atomic E-state index is -2.45. The molecule has 0 radical (unpaired) electrons. The number of nitrogens with zero attached hydrogens (tertiary/aromatic N) is 2. The topological polar surface area (TPSA) is 6.48 Å². The molecule has 0 amide bonds. The van der Waals surface area contributed by atoms with E-state index < -0.39 is 5.92 Å². The Morgan fingerprint density at radius 1 is 1.00 bits per heavy atom. The number of rotatable bonds is 4. The predicted octanol–water partition coefficient (Wildman–Crippen LogP) is 4.79. The van der Waals surface area contributed by atoms with E-state index in [9.17, 15) is 8.78 Å². The molecule has 0 saturated carbocycles. The smallest absolute Gasteiger partial charge is 0.249 e. The number of hydrogen-bond acceptors (Lipinski definition) is 2. The van der Waals surface area contributed by atoms with Crippen molar-refractivity contribution in [3.63, 3.8) is 0 Å². The van der Waals surface area contributed by atoms with Gasteiger partial charge in [0.05, 0.1) is 0 Å². The zero-order chi connectivity index (χ0) is 17.1. The predicted molar refractivity (Wildman–Crippen MR) is 93.1 cm³/mol. The van der Waals surface area contributed by atoms with Crippen molar-refractivity contribution in [2.45, 2.75) is 90.1 Å². The Morgan fingerprint density at radius 2 is 1.74 bits per heavy atom. The minimum Gasteiger partial charge on any atom is -0.301 e. The molecule has 0 aliphatic carbocycles. The van der Waals surface area contributed by atoms with E-state index in [1.807, 2.05) is 0 Å². The third kappa shape index (κ3) is 5.67. The van der Waals surface area contributed by atoms with Crippen molar-refractivity contribution in [2.24, 2.45) is 5.92 Å². The van der Waals surface area contributed by atoms with E-state index in [4.69, 9.17) is 0 Å². The number of alkyl halides is 2. The zero-order valence-electron chi connectivity index (χ0n) is 15.6. The van der Waals surface area contributed by atoms with Crippen LogP contribution in [0.3, 0.4) is 0 Å². The summed E-state index contributed by atoms with van der Waals surface area (Å²) in [4.78, 5) is 4.92. The van der Waals surface area contributed by atoms with Crippen LogP contribution in [0.15, 0.2) is 0 Å². The van der Waals surface area contributed by atoms with Gasteiger partial charge in [-0.2, -0.15) is 0 Å². The van der Waals surface area contributed by atoms with Crippen molar-refractivity contribution in [3.8, 4) is 0 Å². The number of halogens is 2. The normalized spacial score (nSPS) is 28.6. The molecule has 4 heteroatoms. The zero-order valence-corrected chi connectivity index (χ0v) is 15.6. The summed E-state index contributed by atoms with van der Waals surface area (Å²) in [5, 5.41) is 0. The van der Waals surface area contributed by atoms with Gasteiger partial charge >= 0.3 is 0 Å². The molecule has 2 heterocycles. The van der Waals surface area contributed by atoms with Gasteiger partial charge in [0.2, 0.25) is 5.92 Å². The molecular weight excluding hydrogens is 294 g/mol. The summed E-state index contributed by atoms with van der Waals surface area (Å²) in [6.45, 7) is 12.9. The monoisotopic (exact) mass is 330 g/mol. The first-order valence-electron chi connectivity index (χ1n) is 9.56. The van der Waals surface area contributed by atoms with Gasteiger partial charge in [-0.05, 0) is 85.4 Å². The molecule has 23 heavy (non-hydrogen) atoms. The Balaban J connectivity index is 1.90. The van der Waals surface area contributed by atoms with Gasteiger partial charge in [0, 0.05) is 31.0 Å². The Hall–Kier alpha value is -0.220. The Kier molecular flexibility index (Phi) is 6.46. The van der Waals surface area contributed by atoms with Crippen LogP contribution in [0.25, 0.3) is 0 Å². The molecule has 0 N–H and O–H groups in total. The van der Waals surface area contributed by atoms with E-state index in [-0.39, 0.29) is 18.4 Å². The lowest BCUT2D eigenvalue weighted by atomic mass is 9.85. The van der Waals surface area contributed by atoms with Crippen molar-refractivity contribution >= 4 is 0 Å². The van der Waals surface area contributed by atoms with E-state index >= 15 is 0 Å². The lowest BCUT2D eigenvalue weighted by molar-refractivity contribution is -0.0167. The molecule has 0 spiro atoms. The highest BCUT2D eigenvalue weighted by atomic mass is 19.3. The minimum absolute atomic E-state index is 0.0300. The first kappa shape index (κ1) is 19.1. The summed E-state index contributed by atoms with van der Waals surface area (Å²) in [6, 6.07) is 0.634. The second kappa shape index (κ2) is 7.77. The molecule has 1 atom stereocenters. The average Bonchev–Trinajstić information content (AvgIpc) is 2.76. The molecule has 0 aromatic rings. The highest BCUT2D eigenvalue weighted by Gasteiger charge is 2.37. The first-order chi connectivity index (χ1) is 10.7. The summed E-state index contributed by atoms with van der Waals surface area (Å²) < 4.78 is 27.2. The highest BCUT2D eigenvalue weighted by molar-refractivity contribution is 4.88. The standard InChI is InChI=1S/C19H36F2N2/c1-16(2)22-11-5-7-17(8-13-22)15-18(3,4)23-12-6-9-19(20,21)10-14-23/h16-17H,5-15H2,1-4H3. The molecular formula is C19H36F2N2. The van der Waals surface area contributed by atoms with Crippen LogP contribution in [0.5, 0.6) is 0 Å². The summed E-state index contributed by atoms with van der Waals surface area (Å²) in [7, 11) is 0. The van der Waals surface area contributed by atoms with Crippen molar-refractivity contribution in [2.75, 3.05) is 26.2 Å². The van der Waals surface area contributed by atoms with Gasteiger partial charge in [-0.15, -0.1) is 0 Å². The van der Waals surface area contributed by atoms with Crippen molar-refractivity contribution in [1.29, 1.82) is 0 Å². The largest absolute Gasteiger partial charge is 0.301 e. The van der Waals surface area contributed by atoms with Gasteiger partial charge in [-0.3, -0.25) is 4.90 Å². The Morgan fingerprint density at radius 3 is 2.43 bits per heavy atom. The lowest BCUT2D eigenvalue weighted by Gasteiger charge is -2.40. The van der Waals surface area contributed by atoms with E-state index in [2.05, 4.69) is 37.5 Å². The van der Waals surface area contributed by atoms with Crippen LogP contribution in [0.4, 0.5) is 8.78 Å². The molecule has 2 saturated heterocycles. The lowest BCUT2D eigenvalue weighted by Crippen LogP contribution is -2.46. The molecule has 1 unspecified atom stereocenters. The van der Waals surface area contributed by atoms with E-state index in [1.54, 1.807) is 0 Å². The molecule has 2 aliphatic rings. The third-order valence-electron chi connectivity index (χ3n) is 5.97. The number of likely N-dealkylation sites (tertiary alicyclic amines) is 2. The van der Waals surface area contributed by atoms with Crippen molar-refractivity contribution in [1.82, 2.24) is 9.80 Å². The third-order valence-corrected chi connectivity index (χ3v) is 5.97. The Bertz CT molecular complexity index is 368. The molecule has 136 valence electrons. The fourth-order valence-corrected chi connectivity index (χ4v) is 4.41. The molecule has 0 aromatic heterocycles. The fraction of sp³-hybridized carbons (Fsp3) is 1.00. The van der Waals surface area contributed by atoms with Gasteiger partial charge in [-0.25, -0.2) is 8.78 Å². The highest BCUT2D eigenvalue weighted by Crippen LogP contribution is 2.35. The van der Waals surface area contributed by atoms with Crippen molar-refractivity contribution < 1.29 is 8.78 Å². The van der Waals surface area contributed by atoms with E-state index in [0.717, 1.165) is 18.9 Å². The van der Waals surface area contributed by atoms with Crippen LogP contribution >= 0.6 is 0 Å². The van der Waals surface area contributed by atoms with Gasteiger partial charge in [0.25, 0.3) is 0 Å². The van der Waals surface area contributed by atoms with Crippen LogP contribution in [0.1, 0.15) is 72.6 Å². The maximum atomic E-state index is 13.6. The van der Waals surface area contributed by atoms with Crippen LogP contribution in [0.2, 0.25) is 0 Å². The summed E-state index contributed by atoms with van der Waals surface area (Å²) in [5.41, 5.74) is 0.0398. The SMILES string of the molecule is CC(C)N1CCCC(CC(C)(C)N2CCCC(F)(F)CC2)CC1. The van der Waals surface area contributed by atoms with Gasteiger partial charge in [-0.1, -0.05) is 0 Å². The average molecular weight is 331 g/mol. The van der Waals surface area contributed by atoms with Crippen LogP contribution in [-0.2, 0) is 0 Å².